The molecular formula is C18H23N3O2. The van der Waals surface area contributed by atoms with Gasteiger partial charge in [-0.2, -0.15) is 5.10 Å². The quantitative estimate of drug-likeness (QED) is 0.861. The van der Waals surface area contributed by atoms with Crippen LogP contribution in [0.15, 0.2) is 30.5 Å². The topological polar surface area (TPSA) is 67.2 Å². The number of nitrogens with one attached hydrogen (secondary N) is 1. The summed E-state index contributed by atoms with van der Waals surface area (Å²) in [5.74, 6) is 1.16. The zero-order chi connectivity index (χ0) is 16.4. The van der Waals surface area contributed by atoms with Crippen molar-refractivity contribution in [3.8, 4) is 5.75 Å². The Morgan fingerprint density at radius 2 is 2.09 bits per heavy atom. The van der Waals surface area contributed by atoms with Crippen LogP contribution in [-0.4, -0.2) is 20.8 Å². The number of benzene rings is 1. The summed E-state index contributed by atoms with van der Waals surface area (Å²) in [5, 5.41) is 16.6. The molecule has 1 unspecified atom stereocenters. The number of hydrogen-bond acceptors (Lipinski definition) is 3. The minimum Gasteiger partial charge on any atom is -0.508 e. The van der Waals surface area contributed by atoms with Crippen molar-refractivity contribution in [1.29, 1.82) is 0 Å². The zero-order valence-corrected chi connectivity index (χ0v) is 13.6. The third-order valence-electron chi connectivity index (χ3n) is 4.73. The van der Waals surface area contributed by atoms with Crippen molar-refractivity contribution in [2.45, 2.75) is 38.6 Å². The molecule has 1 aliphatic rings. The highest BCUT2D eigenvalue weighted by molar-refractivity contribution is 5.77. The Balaban J connectivity index is 1.60. The fraction of sp³-hybridized carbons (Fsp3) is 0.444. The minimum absolute atomic E-state index is 0.0678. The second-order valence-corrected chi connectivity index (χ2v) is 6.40. The van der Waals surface area contributed by atoms with E-state index in [9.17, 15) is 9.90 Å². The number of aryl methyl sites for hydroxylation is 1. The second kappa shape index (κ2) is 6.44. The molecule has 1 atom stereocenters. The Bertz CT molecular complexity index is 687. The summed E-state index contributed by atoms with van der Waals surface area (Å²) >= 11 is 0. The maximum absolute atomic E-state index is 12.3. The molecule has 3 rings (SSSR count). The lowest BCUT2D eigenvalue weighted by atomic mass is 9.90. The van der Waals surface area contributed by atoms with Gasteiger partial charge in [0, 0.05) is 31.3 Å². The number of phenolic OH excluding ortho intramolecular Hbond substituents is 1. The summed E-state index contributed by atoms with van der Waals surface area (Å²) in [4.78, 5) is 12.3. The molecule has 1 heterocycles. The molecule has 0 aliphatic heterocycles. The average molecular weight is 313 g/mol. The van der Waals surface area contributed by atoms with Gasteiger partial charge >= 0.3 is 0 Å². The molecule has 5 heteroatoms. The normalized spacial score (nSPS) is 15.4. The minimum atomic E-state index is 0.0678. The average Bonchev–Trinajstić information content (AvgIpc) is 3.32. The lowest BCUT2D eigenvalue weighted by molar-refractivity contribution is -0.121. The van der Waals surface area contributed by atoms with Crippen molar-refractivity contribution in [3.05, 3.63) is 47.3 Å². The summed E-state index contributed by atoms with van der Waals surface area (Å²) in [7, 11) is 1.90. The molecule has 0 saturated heterocycles. The molecule has 1 fully saturated rings. The summed E-state index contributed by atoms with van der Waals surface area (Å²) in [6.45, 7) is 2.52. The molecule has 5 nitrogen and oxygen atoms in total. The summed E-state index contributed by atoms with van der Waals surface area (Å²) in [6, 6.07) is 7.25. The highest BCUT2D eigenvalue weighted by atomic mass is 16.3. The van der Waals surface area contributed by atoms with Crippen LogP contribution in [0.1, 0.15) is 42.0 Å². The number of phenols is 1. The summed E-state index contributed by atoms with van der Waals surface area (Å²) < 4.78 is 1.81. The predicted octanol–water partition coefficient (Wildman–Crippen LogP) is 2.63. The molecule has 2 aromatic rings. The molecule has 1 amide bonds. The predicted molar refractivity (Wildman–Crippen MR) is 88.0 cm³/mol. The van der Waals surface area contributed by atoms with Crippen molar-refractivity contribution in [1.82, 2.24) is 15.1 Å². The van der Waals surface area contributed by atoms with Crippen LogP contribution in [0.25, 0.3) is 0 Å². The monoisotopic (exact) mass is 313 g/mol. The van der Waals surface area contributed by atoms with E-state index >= 15 is 0 Å². The maximum Gasteiger partial charge on any atom is 0.220 e. The van der Waals surface area contributed by atoms with Crippen molar-refractivity contribution >= 4 is 5.91 Å². The van der Waals surface area contributed by atoms with E-state index in [4.69, 9.17) is 0 Å². The fourth-order valence-electron chi connectivity index (χ4n) is 2.96. The first-order valence-electron chi connectivity index (χ1n) is 8.07. The van der Waals surface area contributed by atoms with Crippen molar-refractivity contribution < 1.29 is 9.90 Å². The molecule has 0 spiro atoms. The van der Waals surface area contributed by atoms with Gasteiger partial charge in [-0.25, -0.2) is 0 Å². The second-order valence-electron chi connectivity index (χ2n) is 6.40. The smallest absolute Gasteiger partial charge is 0.220 e. The van der Waals surface area contributed by atoms with Crippen molar-refractivity contribution in [2.75, 3.05) is 0 Å². The first-order chi connectivity index (χ1) is 11.0. The van der Waals surface area contributed by atoms with Gasteiger partial charge in [0.2, 0.25) is 5.91 Å². The van der Waals surface area contributed by atoms with Gasteiger partial charge in [0.1, 0.15) is 5.75 Å². The molecule has 0 radical (unpaired) electrons. The van der Waals surface area contributed by atoms with Crippen LogP contribution in [0.4, 0.5) is 0 Å². The maximum atomic E-state index is 12.3. The Kier molecular flexibility index (Phi) is 4.37. The molecular weight excluding hydrogens is 290 g/mol. The fourth-order valence-corrected chi connectivity index (χ4v) is 2.96. The van der Waals surface area contributed by atoms with E-state index in [1.807, 2.05) is 30.8 Å². The summed E-state index contributed by atoms with van der Waals surface area (Å²) in [5.41, 5.74) is 3.26. The highest BCUT2D eigenvalue weighted by Crippen LogP contribution is 2.44. The molecule has 1 saturated carbocycles. The Morgan fingerprint density at radius 3 is 2.65 bits per heavy atom. The van der Waals surface area contributed by atoms with E-state index in [-0.39, 0.29) is 17.6 Å². The summed E-state index contributed by atoms with van der Waals surface area (Å²) in [6.07, 6.45) is 4.66. The van der Waals surface area contributed by atoms with Crippen LogP contribution >= 0.6 is 0 Å². The zero-order valence-electron chi connectivity index (χ0n) is 13.6. The first kappa shape index (κ1) is 15.6. The van der Waals surface area contributed by atoms with E-state index in [1.165, 1.54) is 12.8 Å². The molecule has 2 N–H and O–H groups in total. The van der Waals surface area contributed by atoms with Gasteiger partial charge in [-0.1, -0.05) is 12.1 Å². The Hall–Kier alpha value is -2.30. The molecule has 1 aromatic carbocycles. The SMILES string of the molecule is Cc1c(CNC(=O)CC(c2ccc(O)cc2)C2CC2)cnn1C. The molecule has 23 heavy (non-hydrogen) atoms. The molecule has 1 aliphatic carbocycles. The van der Waals surface area contributed by atoms with Crippen molar-refractivity contribution in [2.24, 2.45) is 13.0 Å². The van der Waals surface area contributed by atoms with Gasteiger partial charge in [-0.15, -0.1) is 0 Å². The van der Waals surface area contributed by atoms with Crippen LogP contribution in [0.3, 0.4) is 0 Å². The van der Waals surface area contributed by atoms with E-state index in [1.54, 1.807) is 18.3 Å². The van der Waals surface area contributed by atoms with Crippen LogP contribution in [0.2, 0.25) is 0 Å². The number of carbonyl (C=O) groups excluding carboxylic acids is 1. The van der Waals surface area contributed by atoms with Gasteiger partial charge in [0.05, 0.1) is 6.20 Å². The van der Waals surface area contributed by atoms with Crippen LogP contribution in [0, 0.1) is 12.8 Å². The Morgan fingerprint density at radius 1 is 1.39 bits per heavy atom. The van der Waals surface area contributed by atoms with Crippen LogP contribution in [-0.2, 0) is 18.4 Å². The molecule has 0 bridgehead atoms. The first-order valence-corrected chi connectivity index (χ1v) is 8.07. The number of aromatic nitrogens is 2. The number of carbonyl (C=O) groups is 1. The van der Waals surface area contributed by atoms with Crippen LogP contribution in [0.5, 0.6) is 5.75 Å². The third kappa shape index (κ3) is 3.73. The van der Waals surface area contributed by atoms with Crippen molar-refractivity contribution in [3.63, 3.8) is 0 Å². The van der Waals surface area contributed by atoms with E-state index in [2.05, 4.69) is 10.4 Å². The van der Waals surface area contributed by atoms with Gasteiger partial charge < -0.3 is 10.4 Å². The number of rotatable bonds is 6. The Labute approximate surface area is 136 Å². The van der Waals surface area contributed by atoms with Gasteiger partial charge in [0.25, 0.3) is 0 Å². The lowest BCUT2D eigenvalue weighted by Gasteiger charge is -2.16. The van der Waals surface area contributed by atoms with Gasteiger partial charge in [0.15, 0.2) is 0 Å². The van der Waals surface area contributed by atoms with E-state index < -0.39 is 0 Å². The molecule has 1 aromatic heterocycles. The van der Waals surface area contributed by atoms with E-state index in [0.717, 1.165) is 16.8 Å². The number of aromatic hydroxyl groups is 1. The lowest BCUT2D eigenvalue weighted by Crippen LogP contribution is -2.25. The highest BCUT2D eigenvalue weighted by Gasteiger charge is 2.33. The third-order valence-corrected chi connectivity index (χ3v) is 4.73. The number of hydrogen-bond donors (Lipinski definition) is 2. The van der Waals surface area contributed by atoms with Crippen LogP contribution < -0.4 is 5.32 Å². The molecule has 122 valence electrons. The number of nitrogens with zero attached hydrogens (tertiary/aromatic N) is 2. The largest absolute Gasteiger partial charge is 0.508 e. The van der Waals surface area contributed by atoms with E-state index in [0.29, 0.717) is 18.9 Å². The van der Waals surface area contributed by atoms with Gasteiger partial charge in [-0.05, 0) is 49.3 Å². The standard InChI is InChI=1S/C18H23N3O2/c1-12-15(11-20-21(12)2)10-19-18(23)9-17(13-3-4-13)14-5-7-16(22)8-6-14/h5-8,11,13,17,22H,3-4,9-10H2,1-2H3,(H,19,23). The number of amides is 1. The van der Waals surface area contributed by atoms with Gasteiger partial charge in [-0.3, -0.25) is 9.48 Å².